The van der Waals surface area contributed by atoms with E-state index in [4.69, 9.17) is 4.52 Å². The minimum atomic E-state index is -3.23. The van der Waals surface area contributed by atoms with Crippen molar-refractivity contribution in [2.45, 2.75) is 71.1 Å². The topological polar surface area (TPSA) is 26.3 Å². The zero-order valence-corrected chi connectivity index (χ0v) is 24.7. The van der Waals surface area contributed by atoms with Crippen LogP contribution in [0.5, 0.6) is 5.75 Å². The summed E-state index contributed by atoms with van der Waals surface area (Å²) >= 11 is 5.73. The first-order valence-electron chi connectivity index (χ1n) is 10.5. The van der Waals surface area contributed by atoms with Gasteiger partial charge in [0.1, 0.15) is 5.75 Å². The molecular weight excluding hydrogens is 481 g/mol. The van der Waals surface area contributed by atoms with Crippen molar-refractivity contribution in [3.05, 3.63) is 59.7 Å². The quantitative estimate of drug-likeness (QED) is 0.194. The van der Waals surface area contributed by atoms with Crippen molar-refractivity contribution in [3.63, 3.8) is 0 Å². The number of hydrogen-bond donors (Lipinski definition) is 1. The van der Waals surface area contributed by atoms with Crippen molar-refractivity contribution < 1.29 is 28.6 Å². The summed E-state index contributed by atoms with van der Waals surface area (Å²) in [6, 6.07) is 16.1. The van der Waals surface area contributed by atoms with Gasteiger partial charge < -0.3 is 4.52 Å². The van der Waals surface area contributed by atoms with Crippen molar-refractivity contribution in [2.24, 2.45) is 11.8 Å². The van der Waals surface area contributed by atoms with Crippen LogP contribution in [-0.2, 0) is 24.0 Å². The second-order valence-corrected chi connectivity index (χ2v) is 14.9. The molecule has 2 aromatic carbocycles. The fourth-order valence-electron chi connectivity index (χ4n) is 3.88. The standard InChI is InChI=1S/C24H35O2PS2.Zn/c1-17(2)15-19(5)21-11-7-9-13-23(21)26-27(25,28)29-24-14-10-8-12-22(24)20(6)16-18(3)4;/h7-14,17-20H,15-16H2,1-6H3,(H,25,28);. The van der Waals surface area contributed by atoms with E-state index in [1.807, 2.05) is 36.4 Å². The Bertz CT molecular complexity index is 776. The van der Waals surface area contributed by atoms with Gasteiger partial charge in [0.15, 0.2) is 0 Å². The summed E-state index contributed by atoms with van der Waals surface area (Å²) in [5, 5.41) is 0. The van der Waals surface area contributed by atoms with E-state index in [0.717, 1.165) is 23.3 Å². The molecule has 0 saturated carbocycles. The second kappa shape index (κ2) is 12.7. The van der Waals surface area contributed by atoms with Gasteiger partial charge in [-0.15, -0.1) is 0 Å². The van der Waals surface area contributed by atoms with Gasteiger partial charge in [0.2, 0.25) is 0 Å². The van der Waals surface area contributed by atoms with Crippen LogP contribution < -0.4 is 4.52 Å². The third-order valence-electron chi connectivity index (χ3n) is 4.98. The number of hydrogen-bond acceptors (Lipinski definition) is 3. The summed E-state index contributed by atoms with van der Waals surface area (Å²) in [7, 11) is 0. The first kappa shape index (κ1) is 27.8. The van der Waals surface area contributed by atoms with E-state index in [-0.39, 0.29) is 19.5 Å². The Morgan fingerprint density at radius 1 is 0.833 bits per heavy atom. The Morgan fingerprint density at radius 3 is 1.87 bits per heavy atom. The van der Waals surface area contributed by atoms with Crippen LogP contribution in [0.2, 0.25) is 0 Å². The number of benzene rings is 2. The van der Waals surface area contributed by atoms with E-state index in [9.17, 15) is 4.57 Å². The van der Waals surface area contributed by atoms with E-state index < -0.39 is 5.77 Å². The van der Waals surface area contributed by atoms with Gasteiger partial charge in [-0.2, -0.15) is 0 Å². The molecule has 0 heterocycles. The summed E-state index contributed by atoms with van der Waals surface area (Å²) in [6.45, 7) is 13.3. The fourth-order valence-corrected chi connectivity index (χ4v) is 7.74. The van der Waals surface area contributed by atoms with E-state index in [0.29, 0.717) is 29.4 Å². The molecule has 162 valence electrons. The fraction of sp³-hybridized carbons (Fsp3) is 0.500. The summed E-state index contributed by atoms with van der Waals surface area (Å²) in [6.07, 6.45) is 2.14. The largest absolute Gasteiger partial charge is 0.429 e. The predicted molar refractivity (Wildman–Crippen MR) is 132 cm³/mol. The molecule has 0 N–H and O–H groups in total. The van der Waals surface area contributed by atoms with E-state index in [2.05, 4.69) is 65.9 Å². The maximum Gasteiger partial charge on any atom is 0.361 e. The van der Waals surface area contributed by atoms with Gasteiger partial charge in [-0.1, -0.05) is 90.2 Å². The third kappa shape index (κ3) is 8.73. The third-order valence-corrected chi connectivity index (χ3v) is 8.69. The minimum Gasteiger partial charge on any atom is -0.429 e. The van der Waals surface area contributed by atoms with Crippen molar-refractivity contribution in [3.8, 4) is 5.75 Å². The van der Waals surface area contributed by atoms with E-state index in [1.54, 1.807) is 0 Å². The summed E-state index contributed by atoms with van der Waals surface area (Å²) < 4.78 is 19.4. The van der Waals surface area contributed by atoms with Crippen LogP contribution in [0, 0.1) is 11.8 Å². The van der Waals surface area contributed by atoms with Crippen LogP contribution >= 0.6 is 29.4 Å². The molecule has 2 aromatic rings. The van der Waals surface area contributed by atoms with Crippen LogP contribution in [0.25, 0.3) is 0 Å². The van der Waals surface area contributed by atoms with Crippen molar-refractivity contribution >= 4 is 29.4 Å². The van der Waals surface area contributed by atoms with E-state index >= 15 is 0 Å². The molecule has 0 bridgehead atoms. The number of para-hydroxylation sites is 1. The van der Waals surface area contributed by atoms with Gasteiger partial charge in [0, 0.05) is 24.4 Å². The molecule has 0 aromatic heterocycles. The smallest absolute Gasteiger partial charge is 0.361 e. The second-order valence-electron chi connectivity index (χ2n) is 8.79. The first-order valence-corrected chi connectivity index (χ1v) is 14.7. The van der Waals surface area contributed by atoms with Crippen molar-refractivity contribution in [2.75, 3.05) is 0 Å². The van der Waals surface area contributed by atoms with Gasteiger partial charge in [-0.05, 0) is 71.2 Å². The summed E-state index contributed by atoms with van der Waals surface area (Å²) in [5.41, 5.74) is 2.31. The van der Waals surface area contributed by atoms with Gasteiger partial charge in [-0.3, -0.25) is 4.57 Å². The van der Waals surface area contributed by atoms with Gasteiger partial charge in [0.25, 0.3) is 0 Å². The Hall–Kier alpha value is -0.207. The average molecular weight is 516 g/mol. The van der Waals surface area contributed by atoms with Crippen LogP contribution in [0.4, 0.5) is 0 Å². The molecule has 0 aliphatic carbocycles. The maximum atomic E-state index is 13.4. The molecular formula is C24H35O2PS2Zn. The molecule has 0 aliphatic rings. The molecule has 3 unspecified atom stereocenters. The normalized spacial score (nSPS) is 15.4. The van der Waals surface area contributed by atoms with Gasteiger partial charge >= 0.3 is 5.77 Å². The molecule has 30 heavy (non-hydrogen) atoms. The van der Waals surface area contributed by atoms with Crippen LogP contribution in [-0.4, -0.2) is 0 Å². The summed E-state index contributed by atoms with van der Waals surface area (Å²) in [4.78, 5) is 0.992. The van der Waals surface area contributed by atoms with E-state index in [1.165, 1.54) is 16.9 Å². The molecule has 0 fully saturated rings. The SMILES string of the molecule is CC(C)CC(C)c1ccccc1OP(=O)(S)Sc1ccccc1C(C)CC(C)C.[Zn]. The Balaban J connectivity index is 0.00000450. The molecule has 3 atom stereocenters. The molecule has 0 saturated heterocycles. The Morgan fingerprint density at radius 2 is 1.30 bits per heavy atom. The zero-order chi connectivity index (χ0) is 21.6. The molecule has 2 nitrogen and oxygen atoms in total. The first-order chi connectivity index (χ1) is 13.6. The predicted octanol–water partition coefficient (Wildman–Crippen LogP) is 9.19. The number of thiol groups is 1. The van der Waals surface area contributed by atoms with Gasteiger partial charge in [-0.25, -0.2) is 0 Å². The maximum absolute atomic E-state index is 13.4. The Labute approximate surface area is 205 Å². The molecule has 0 amide bonds. The molecule has 2 rings (SSSR count). The molecule has 0 radical (unpaired) electrons. The molecule has 6 heteroatoms. The van der Waals surface area contributed by atoms with Crippen LogP contribution in [0.3, 0.4) is 0 Å². The summed E-state index contributed by atoms with van der Waals surface area (Å²) in [5.74, 6) is -0.622. The molecule has 0 spiro atoms. The van der Waals surface area contributed by atoms with Crippen LogP contribution in [0.1, 0.15) is 77.3 Å². The van der Waals surface area contributed by atoms with Crippen molar-refractivity contribution in [1.29, 1.82) is 0 Å². The number of rotatable bonds is 10. The average Bonchev–Trinajstić information content (AvgIpc) is 2.60. The minimum absolute atomic E-state index is 0. The van der Waals surface area contributed by atoms with Gasteiger partial charge in [0.05, 0.1) is 0 Å². The van der Waals surface area contributed by atoms with Crippen molar-refractivity contribution in [1.82, 2.24) is 0 Å². The molecule has 0 aliphatic heterocycles. The monoisotopic (exact) mass is 514 g/mol. The zero-order valence-electron chi connectivity index (χ0n) is 19.2. The Kier molecular flexibility index (Phi) is 11.8. The van der Waals surface area contributed by atoms with Crippen LogP contribution in [0.15, 0.2) is 53.4 Å².